The number of fused-ring (bicyclic) bond motifs is 3. The van der Waals surface area contributed by atoms with Crippen molar-refractivity contribution < 1.29 is 9.59 Å². The molecular weight excluding hydrogens is 458 g/mol. The summed E-state index contributed by atoms with van der Waals surface area (Å²) >= 11 is 0. The fourth-order valence-corrected chi connectivity index (χ4v) is 8.40. The molecule has 3 fully saturated rings. The van der Waals surface area contributed by atoms with Crippen LogP contribution in [0.1, 0.15) is 113 Å². The fraction of sp³-hybridized carbons (Fsp3) is 0.906. The maximum atomic E-state index is 11.4. The van der Waals surface area contributed by atoms with E-state index in [-0.39, 0.29) is 7.43 Å². The van der Waals surface area contributed by atoms with Gasteiger partial charge >= 0.3 is 0 Å². The van der Waals surface area contributed by atoms with Crippen LogP contribution in [0.3, 0.4) is 0 Å². The number of nitrogens with zero attached hydrogens (tertiary/aromatic N) is 1. The van der Waals surface area contributed by atoms with Crippen molar-refractivity contribution in [2.24, 2.45) is 45.4 Å². The number of aliphatic imine (C=N–C) groups is 1. The van der Waals surface area contributed by atoms with E-state index in [4.69, 9.17) is 9.79 Å². The van der Waals surface area contributed by atoms with Crippen LogP contribution in [0.15, 0.2) is 4.99 Å². The highest BCUT2D eigenvalue weighted by molar-refractivity contribution is 5.85. The molecule has 0 spiro atoms. The monoisotopic (exact) mass is 521 g/mol. The summed E-state index contributed by atoms with van der Waals surface area (Å²) in [7, 11) is 1.93. The third kappa shape index (κ3) is 8.71. The molecule has 3 aliphatic carbocycles. The van der Waals surface area contributed by atoms with E-state index in [0.29, 0.717) is 22.7 Å². The largest absolute Gasteiger partial charge is 0.320 e. The molecule has 0 heterocycles. The van der Waals surface area contributed by atoms with Crippen LogP contribution in [0, 0.1) is 40.4 Å². The first kappa shape index (κ1) is 35.9. The Bertz CT molecular complexity index is 652. The Morgan fingerprint density at radius 1 is 1.03 bits per heavy atom. The quantitative estimate of drug-likeness (QED) is 0.175. The van der Waals surface area contributed by atoms with Crippen molar-refractivity contribution in [3.63, 3.8) is 0 Å². The minimum atomic E-state index is 0. The van der Waals surface area contributed by atoms with Crippen LogP contribution in [0.5, 0.6) is 0 Å². The average molecular weight is 522 g/mol. The minimum Gasteiger partial charge on any atom is -0.320 e. The Kier molecular flexibility index (Phi) is 17.7. The number of carbonyl (C=O) groups excluding carboxylic acids is 2. The van der Waals surface area contributed by atoms with Gasteiger partial charge in [0, 0.05) is 24.6 Å². The van der Waals surface area contributed by atoms with Gasteiger partial charge < -0.3 is 20.2 Å². The van der Waals surface area contributed by atoms with Gasteiger partial charge in [0.05, 0.1) is 0 Å². The van der Waals surface area contributed by atoms with Gasteiger partial charge in [0.25, 0.3) is 0 Å². The van der Waals surface area contributed by atoms with E-state index in [1.165, 1.54) is 63.4 Å². The smallest absolute Gasteiger partial charge is 0.120 e. The van der Waals surface area contributed by atoms with E-state index >= 15 is 0 Å². The number of rotatable bonds is 11. The second-order valence-electron chi connectivity index (χ2n) is 11.9. The van der Waals surface area contributed by atoms with Gasteiger partial charge in [-0.2, -0.15) is 0 Å². The van der Waals surface area contributed by atoms with Gasteiger partial charge in [0.15, 0.2) is 0 Å². The summed E-state index contributed by atoms with van der Waals surface area (Å²) in [6.07, 6.45) is 13.8. The van der Waals surface area contributed by atoms with E-state index in [1.54, 1.807) is 0 Å². The van der Waals surface area contributed by atoms with Crippen LogP contribution in [0.25, 0.3) is 0 Å². The first-order valence-corrected chi connectivity index (χ1v) is 14.9. The molecule has 5 nitrogen and oxygen atoms in total. The number of carbonyl (C=O) groups is 2. The first-order chi connectivity index (χ1) is 17.3. The Morgan fingerprint density at radius 3 is 2.27 bits per heavy atom. The second kappa shape index (κ2) is 18.3. The van der Waals surface area contributed by atoms with Crippen LogP contribution in [-0.2, 0) is 9.59 Å². The molecular formula is C32H63N3O2. The van der Waals surface area contributed by atoms with Gasteiger partial charge in [0.1, 0.15) is 13.1 Å². The van der Waals surface area contributed by atoms with Crippen molar-refractivity contribution in [3.8, 4) is 0 Å². The third-order valence-electron chi connectivity index (χ3n) is 10.2. The molecule has 0 bridgehead atoms. The first-order valence-electron chi connectivity index (χ1n) is 14.9. The molecule has 0 aliphatic heterocycles. The summed E-state index contributed by atoms with van der Waals surface area (Å²) in [5, 5.41) is 6.35. The molecule has 0 amide bonds. The van der Waals surface area contributed by atoms with Gasteiger partial charge in [-0.3, -0.25) is 4.99 Å². The van der Waals surface area contributed by atoms with Gasteiger partial charge in [-0.25, -0.2) is 0 Å². The SMILES string of the molecule is C.C=O.CCCC1(C)C(CC=O)CCC2C1CCC1(C)C(C(C)=NCCCNCC)CCC21.CCNC. The molecule has 0 aromatic carbocycles. The van der Waals surface area contributed by atoms with Crippen LogP contribution < -0.4 is 10.6 Å². The summed E-state index contributed by atoms with van der Waals surface area (Å²) in [5.41, 5.74) is 2.25. The zero-order valence-corrected chi connectivity index (χ0v) is 24.8. The van der Waals surface area contributed by atoms with Gasteiger partial charge in [-0.1, -0.05) is 48.5 Å². The van der Waals surface area contributed by atoms with Crippen molar-refractivity contribution in [1.82, 2.24) is 10.6 Å². The lowest BCUT2D eigenvalue weighted by Crippen LogP contribution is -2.52. The average Bonchev–Trinajstić information content (AvgIpc) is 3.24. The normalized spacial score (nSPS) is 34.5. The molecule has 0 aromatic rings. The predicted octanol–water partition coefficient (Wildman–Crippen LogP) is 6.99. The van der Waals surface area contributed by atoms with Crippen molar-refractivity contribution in [3.05, 3.63) is 0 Å². The Morgan fingerprint density at radius 2 is 1.70 bits per heavy atom. The van der Waals surface area contributed by atoms with Crippen LogP contribution in [-0.4, -0.2) is 52.0 Å². The molecule has 7 unspecified atom stereocenters. The summed E-state index contributed by atoms with van der Waals surface area (Å²) in [6, 6.07) is 0. The summed E-state index contributed by atoms with van der Waals surface area (Å²) in [6.45, 7) is 20.2. The van der Waals surface area contributed by atoms with E-state index in [1.807, 2.05) is 13.8 Å². The molecule has 2 N–H and O–H groups in total. The maximum Gasteiger partial charge on any atom is 0.120 e. The van der Waals surface area contributed by atoms with E-state index in [2.05, 4.69) is 52.2 Å². The molecule has 5 heteroatoms. The van der Waals surface area contributed by atoms with E-state index in [0.717, 1.165) is 56.8 Å². The second-order valence-corrected chi connectivity index (χ2v) is 11.9. The maximum absolute atomic E-state index is 11.4. The summed E-state index contributed by atoms with van der Waals surface area (Å²) < 4.78 is 0. The van der Waals surface area contributed by atoms with Gasteiger partial charge in [0.2, 0.25) is 0 Å². The Balaban J connectivity index is 0.00000169. The lowest BCUT2D eigenvalue weighted by molar-refractivity contribution is -0.118. The summed E-state index contributed by atoms with van der Waals surface area (Å²) in [4.78, 5) is 24.5. The fourth-order valence-electron chi connectivity index (χ4n) is 8.40. The summed E-state index contributed by atoms with van der Waals surface area (Å²) in [5.74, 6) is 3.85. The van der Waals surface area contributed by atoms with Crippen LogP contribution >= 0.6 is 0 Å². The lowest BCUT2D eigenvalue weighted by atomic mass is 9.46. The number of aldehydes is 1. The third-order valence-corrected chi connectivity index (χ3v) is 10.2. The zero-order chi connectivity index (χ0) is 27.2. The minimum absolute atomic E-state index is 0. The number of nitrogens with one attached hydrogen (secondary N) is 2. The van der Waals surface area contributed by atoms with Crippen molar-refractivity contribution in [2.45, 2.75) is 113 Å². The van der Waals surface area contributed by atoms with Gasteiger partial charge in [-0.15, -0.1) is 0 Å². The van der Waals surface area contributed by atoms with Crippen molar-refractivity contribution in [1.29, 1.82) is 0 Å². The number of hydrogen-bond donors (Lipinski definition) is 2. The highest BCUT2D eigenvalue weighted by atomic mass is 16.1. The van der Waals surface area contributed by atoms with E-state index in [9.17, 15) is 4.79 Å². The molecule has 0 aromatic heterocycles. The predicted molar refractivity (Wildman–Crippen MR) is 162 cm³/mol. The topological polar surface area (TPSA) is 70.6 Å². The van der Waals surface area contributed by atoms with Crippen molar-refractivity contribution >= 4 is 18.8 Å². The molecule has 7 atom stereocenters. The molecule has 3 aliphatic rings. The Labute approximate surface area is 230 Å². The van der Waals surface area contributed by atoms with Crippen LogP contribution in [0.4, 0.5) is 0 Å². The Hall–Kier alpha value is -1.07. The molecule has 0 saturated heterocycles. The lowest BCUT2D eigenvalue weighted by Gasteiger charge is -2.59. The number of hydrogen-bond acceptors (Lipinski definition) is 5. The zero-order valence-electron chi connectivity index (χ0n) is 24.8. The van der Waals surface area contributed by atoms with Crippen molar-refractivity contribution in [2.75, 3.05) is 33.2 Å². The molecule has 3 saturated carbocycles. The molecule has 218 valence electrons. The highest BCUT2D eigenvalue weighted by Gasteiger charge is 2.59. The molecule has 3 rings (SSSR count). The van der Waals surface area contributed by atoms with Gasteiger partial charge in [-0.05, 0) is 119 Å². The standard InChI is InChI=1S/C27H48N2O.C3H9N.CH2O.CH4/c1-6-15-26(4)21(14-19-30)9-10-22-24-12-11-23(27(24,5)16-13-25(22)26)20(3)29-18-8-17-28-7-2;1-3-4-2;1-2;/h19,21-25,28H,6-18H2,1-5H3;4H,3H2,1-2H3;1H2;1H4. The molecule has 0 radical (unpaired) electrons. The van der Waals surface area contributed by atoms with Crippen LogP contribution in [0.2, 0.25) is 0 Å². The highest BCUT2D eigenvalue weighted by Crippen LogP contribution is 2.66. The van der Waals surface area contributed by atoms with E-state index < -0.39 is 0 Å². The molecule has 37 heavy (non-hydrogen) atoms.